The van der Waals surface area contributed by atoms with E-state index < -0.39 is 0 Å². The Morgan fingerprint density at radius 2 is 1.77 bits per heavy atom. The molecule has 1 saturated carbocycles. The molecule has 0 atom stereocenters. The molecule has 0 radical (unpaired) electrons. The van der Waals surface area contributed by atoms with E-state index in [1.807, 2.05) is 23.7 Å². The molecule has 1 saturated heterocycles. The Hall–Kier alpha value is -3.65. The van der Waals surface area contributed by atoms with Gasteiger partial charge < -0.3 is 19.4 Å². The normalized spacial score (nSPS) is 17.0. The number of rotatable bonds is 8. The first-order valence-corrected chi connectivity index (χ1v) is 14.6. The maximum absolute atomic E-state index is 13.3. The molecule has 2 aliphatic rings. The molecular weight excluding hydrogens is 502 g/mol. The molecular formula is C32H39N5O3. The Bertz CT molecular complexity index is 1500. The lowest BCUT2D eigenvalue weighted by atomic mass is 9.95. The highest BCUT2D eigenvalue weighted by Gasteiger charge is 2.24. The molecule has 3 heterocycles. The lowest BCUT2D eigenvalue weighted by Gasteiger charge is -2.33. The first kappa shape index (κ1) is 26.6. The van der Waals surface area contributed by atoms with Crippen LogP contribution in [-0.2, 0) is 11.3 Å². The molecule has 1 aliphatic heterocycles. The van der Waals surface area contributed by atoms with Gasteiger partial charge in [0.1, 0.15) is 17.1 Å². The minimum atomic E-state index is -0.145. The van der Waals surface area contributed by atoms with Crippen LogP contribution in [0.4, 0.5) is 5.69 Å². The highest BCUT2D eigenvalue weighted by atomic mass is 16.5. The van der Waals surface area contributed by atoms with Crippen molar-refractivity contribution in [1.29, 1.82) is 0 Å². The standard InChI is InChI=1S/C32H39N5O3/c1-22-29-30(37(35-22)25-11-7-4-8-12-25)32(38)34-31(33-29)27-14-13-26(19-28(27)39-2)36-17-15-24(16-18-36)21-40-20-23-9-5-3-6-10-23/h3,5-6,9-10,13-14,19,24-25H,4,7-8,11-12,15-18,20-21H2,1-2H3,(H,33,34,38). The summed E-state index contributed by atoms with van der Waals surface area (Å²) in [6.45, 7) is 5.35. The second-order valence-corrected chi connectivity index (χ2v) is 11.2. The number of H-pyrrole nitrogens is 1. The number of piperidine rings is 1. The monoisotopic (exact) mass is 541 g/mol. The zero-order valence-corrected chi connectivity index (χ0v) is 23.6. The molecule has 2 fully saturated rings. The number of hydrogen-bond donors (Lipinski definition) is 1. The van der Waals surface area contributed by atoms with Crippen molar-refractivity contribution in [3.05, 3.63) is 70.1 Å². The van der Waals surface area contributed by atoms with Crippen LogP contribution in [0.5, 0.6) is 5.75 Å². The number of aromatic amines is 1. The van der Waals surface area contributed by atoms with Crippen LogP contribution in [-0.4, -0.2) is 46.6 Å². The molecule has 8 nitrogen and oxygen atoms in total. The van der Waals surface area contributed by atoms with Gasteiger partial charge in [-0.15, -0.1) is 0 Å². The Morgan fingerprint density at radius 1 is 1.00 bits per heavy atom. The summed E-state index contributed by atoms with van der Waals surface area (Å²) in [7, 11) is 1.67. The molecule has 1 aliphatic carbocycles. The highest BCUT2D eigenvalue weighted by Crippen LogP contribution is 2.35. The van der Waals surface area contributed by atoms with Gasteiger partial charge in [0.25, 0.3) is 5.56 Å². The van der Waals surface area contributed by atoms with Crippen molar-refractivity contribution in [2.45, 2.75) is 64.5 Å². The summed E-state index contributed by atoms with van der Waals surface area (Å²) >= 11 is 0. The number of aryl methyl sites for hydroxylation is 1. The van der Waals surface area contributed by atoms with Crippen LogP contribution in [0.1, 0.15) is 62.2 Å². The molecule has 2 aromatic heterocycles. The summed E-state index contributed by atoms with van der Waals surface area (Å²) in [5.74, 6) is 1.78. The Morgan fingerprint density at radius 3 is 2.52 bits per heavy atom. The lowest BCUT2D eigenvalue weighted by molar-refractivity contribution is 0.0786. The van der Waals surface area contributed by atoms with Crippen molar-refractivity contribution in [2.24, 2.45) is 5.92 Å². The summed E-state index contributed by atoms with van der Waals surface area (Å²) in [6, 6.07) is 16.8. The van der Waals surface area contributed by atoms with Gasteiger partial charge in [-0.1, -0.05) is 49.6 Å². The molecule has 4 aromatic rings. The summed E-state index contributed by atoms with van der Waals surface area (Å²) in [6.07, 6.45) is 7.92. The third-order valence-electron chi connectivity index (χ3n) is 8.53. The second kappa shape index (κ2) is 11.8. The van der Waals surface area contributed by atoms with Gasteiger partial charge in [-0.25, -0.2) is 4.98 Å². The molecule has 1 N–H and O–H groups in total. The fourth-order valence-electron chi connectivity index (χ4n) is 6.26. The van der Waals surface area contributed by atoms with E-state index in [1.165, 1.54) is 24.8 Å². The van der Waals surface area contributed by atoms with Crippen molar-refractivity contribution in [3.63, 3.8) is 0 Å². The van der Waals surface area contributed by atoms with E-state index in [1.54, 1.807) is 7.11 Å². The van der Waals surface area contributed by atoms with E-state index in [0.29, 0.717) is 35.1 Å². The fraction of sp³-hybridized carbons (Fsp3) is 0.469. The highest BCUT2D eigenvalue weighted by molar-refractivity contribution is 5.80. The number of ether oxygens (including phenoxy) is 2. The van der Waals surface area contributed by atoms with Crippen LogP contribution in [0.2, 0.25) is 0 Å². The van der Waals surface area contributed by atoms with Gasteiger partial charge >= 0.3 is 0 Å². The molecule has 210 valence electrons. The number of aromatic nitrogens is 4. The zero-order valence-electron chi connectivity index (χ0n) is 23.6. The topological polar surface area (TPSA) is 85.3 Å². The van der Waals surface area contributed by atoms with Gasteiger partial charge in [0, 0.05) is 31.5 Å². The largest absolute Gasteiger partial charge is 0.496 e. The molecule has 0 amide bonds. The number of fused-ring (bicyclic) bond motifs is 1. The Balaban J connectivity index is 1.16. The Kier molecular flexibility index (Phi) is 7.86. The number of nitrogens with zero attached hydrogens (tertiary/aromatic N) is 4. The summed E-state index contributed by atoms with van der Waals surface area (Å²) in [4.78, 5) is 23.7. The number of benzene rings is 2. The quantitative estimate of drug-likeness (QED) is 0.293. The number of anilines is 1. The Labute approximate surface area is 235 Å². The number of methoxy groups -OCH3 is 1. The molecule has 40 heavy (non-hydrogen) atoms. The summed E-state index contributed by atoms with van der Waals surface area (Å²) in [5, 5.41) is 4.75. The van der Waals surface area contributed by atoms with Crippen LogP contribution >= 0.6 is 0 Å². The predicted octanol–water partition coefficient (Wildman–Crippen LogP) is 6.04. The van der Waals surface area contributed by atoms with Crippen molar-refractivity contribution in [2.75, 3.05) is 31.7 Å². The molecule has 2 aromatic carbocycles. The maximum Gasteiger partial charge on any atom is 0.277 e. The van der Waals surface area contributed by atoms with E-state index in [-0.39, 0.29) is 11.6 Å². The van der Waals surface area contributed by atoms with E-state index in [4.69, 9.17) is 19.6 Å². The van der Waals surface area contributed by atoms with Crippen LogP contribution in [0.25, 0.3) is 22.4 Å². The SMILES string of the molecule is COc1cc(N2CCC(COCc3ccccc3)CC2)ccc1-c1nc2c(C)nn(C3CCCCC3)c2c(=O)[nH]1. The maximum atomic E-state index is 13.3. The molecule has 6 rings (SSSR count). The van der Waals surface area contributed by atoms with Gasteiger partial charge in [0.15, 0.2) is 5.52 Å². The van der Waals surface area contributed by atoms with Crippen LogP contribution in [0, 0.1) is 12.8 Å². The van der Waals surface area contributed by atoms with Gasteiger partial charge in [-0.05, 0) is 56.2 Å². The van der Waals surface area contributed by atoms with Crippen molar-refractivity contribution < 1.29 is 9.47 Å². The third kappa shape index (κ3) is 5.50. The van der Waals surface area contributed by atoms with Crippen molar-refractivity contribution in [1.82, 2.24) is 19.7 Å². The zero-order chi connectivity index (χ0) is 27.5. The average Bonchev–Trinajstić information content (AvgIpc) is 3.35. The van der Waals surface area contributed by atoms with Crippen LogP contribution < -0.4 is 15.2 Å². The van der Waals surface area contributed by atoms with Crippen LogP contribution in [0.3, 0.4) is 0 Å². The number of hydrogen-bond acceptors (Lipinski definition) is 6. The summed E-state index contributed by atoms with van der Waals surface area (Å²) < 4.78 is 13.7. The lowest BCUT2D eigenvalue weighted by Crippen LogP contribution is -2.35. The number of nitrogens with one attached hydrogen (secondary N) is 1. The minimum Gasteiger partial charge on any atom is -0.496 e. The van der Waals surface area contributed by atoms with Crippen molar-refractivity contribution >= 4 is 16.7 Å². The first-order valence-electron chi connectivity index (χ1n) is 14.6. The predicted molar refractivity (Wildman–Crippen MR) is 158 cm³/mol. The van der Waals surface area contributed by atoms with E-state index in [0.717, 1.165) is 62.3 Å². The summed E-state index contributed by atoms with van der Waals surface area (Å²) in [5.41, 5.74) is 5.02. The third-order valence-corrected chi connectivity index (χ3v) is 8.53. The van der Waals surface area contributed by atoms with E-state index >= 15 is 0 Å². The molecule has 0 unspecified atom stereocenters. The van der Waals surface area contributed by atoms with Crippen molar-refractivity contribution in [3.8, 4) is 17.1 Å². The minimum absolute atomic E-state index is 0.145. The van der Waals surface area contributed by atoms with Gasteiger partial charge in [0.2, 0.25) is 0 Å². The van der Waals surface area contributed by atoms with Gasteiger partial charge in [-0.2, -0.15) is 5.10 Å². The second-order valence-electron chi connectivity index (χ2n) is 11.2. The van der Waals surface area contributed by atoms with Gasteiger partial charge in [0.05, 0.1) is 31.0 Å². The smallest absolute Gasteiger partial charge is 0.277 e. The molecule has 0 spiro atoms. The van der Waals surface area contributed by atoms with Gasteiger partial charge in [-0.3, -0.25) is 9.48 Å². The van der Waals surface area contributed by atoms with E-state index in [9.17, 15) is 4.79 Å². The van der Waals surface area contributed by atoms with Crippen LogP contribution in [0.15, 0.2) is 53.3 Å². The first-order chi connectivity index (χ1) is 19.6. The molecule has 0 bridgehead atoms. The average molecular weight is 542 g/mol. The van der Waals surface area contributed by atoms with E-state index in [2.05, 4.69) is 46.3 Å². The fourth-order valence-corrected chi connectivity index (χ4v) is 6.26. The molecule has 8 heteroatoms.